The van der Waals surface area contributed by atoms with Gasteiger partial charge in [0.15, 0.2) is 0 Å². The third kappa shape index (κ3) is 3.72. The van der Waals surface area contributed by atoms with E-state index in [0.717, 1.165) is 37.1 Å². The number of fused-ring (bicyclic) bond motifs is 1. The minimum Gasteiger partial charge on any atom is -0.368 e. The second kappa shape index (κ2) is 7.13. The van der Waals surface area contributed by atoms with Crippen LogP contribution in [0.1, 0.15) is 32.5 Å². The molecule has 0 aliphatic carbocycles. The van der Waals surface area contributed by atoms with Crippen molar-refractivity contribution in [2.24, 2.45) is 5.92 Å². The Hall–Kier alpha value is -1.88. The second-order valence-electron chi connectivity index (χ2n) is 6.56. The third-order valence-electron chi connectivity index (χ3n) is 4.15. The Balaban J connectivity index is 1.67. The zero-order valence-electron chi connectivity index (χ0n) is 13.9. The van der Waals surface area contributed by atoms with E-state index in [2.05, 4.69) is 29.8 Å². The molecule has 1 aliphatic rings. The molecule has 0 saturated carbocycles. The van der Waals surface area contributed by atoms with Gasteiger partial charge < -0.3 is 14.6 Å². The Bertz CT molecular complexity index is 672. The van der Waals surface area contributed by atoms with Crippen LogP contribution in [0.3, 0.4) is 0 Å². The molecule has 5 heteroatoms. The summed E-state index contributed by atoms with van der Waals surface area (Å²) in [5, 5.41) is 2.98. The fourth-order valence-electron chi connectivity index (χ4n) is 3.08. The van der Waals surface area contributed by atoms with Crippen molar-refractivity contribution >= 4 is 16.9 Å². The van der Waals surface area contributed by atoms with Crippen LogP contribution in [0.5, 0.6) is 0 Å². The predicted octanol–water partition coefficient (Wildman–Crippen LogP) is 2.53. The van der Waals surface area contributed by atoms with Gasteiger partial charge >= 0.3 is 0 Å². The van der Waals surface area contributed by atoms with E-state index in [9.17, 15) is 4.79 Å². The molecule has 124 valence electrons. The lowest BCUT2D eigenvalue weighted by Crippen LogP contribution is -2.35. The van der Waals surface area contributed by atoms with Gasteiger partial charge in [0, 0.05) is 26.1 Å². The second-order valence-corrected chi connectivity index (χ2v) is 6.56. The Kier molecular flexibility index (Phi) is 4.96. The topological polar surface area (TPSA) is 56.2 Å². The molecule has 0 radical (unpaired) electrons. The average Bonchev–Trinajstić information content (AvgIpc) is 3.16. The zero-order valence-corrected chi connectivity index (χ0v) is 13.9. The van der Waals surface area contributed by atoms with Crippen LogP contribution in [0.4, 0.5) is 0 Å². The molecule has 1 unspecified atom stereocenters. The number of nitrogens with one attached hydrogen (secondary N) is 1. The number of carbonyl (C=O) groups is 1. The largest absolute Gasteiger partial charge is 0.368 e. The molecular weight excluding hydrogens is 290 g/mol. The summed E-state index contributed by atoms with van der Waals surface area (Å²) in [5.41, 5.74) is 2.19. The zero-order chi connectivity index (χ0) is 16.2. The quantitative estimate of drug-likeness (QED) is 0.891. The highest BCUT2D eigenvalue weighted by Gasteiger charge is 2.23. The molecule has 2 heterocycles. The standard InChI is InChI=1S/C18H25N3O2/c1-13(2)12-21-15-7-4-3-6-14(15)20-17(21)9-10-19-18(22)16-8-5-11-23-16/h3-4,6-7,13,16H,5,8-12H2,1-2H3,(H,19,22). The molecule has 1 fully saturated rings. The summed E-state index contributed by atoms with van der Waals surface area (Å²) in [6.45, 7) is 6.65. The van der Waals surface area contributed by atoms with E-state index < -0.39 is 0 Å². The van der Waals surface area contributed by atoms with E-state index >= 15 is 0 Å². The highest BCUT2D eigenvalue weighted by Crippen LogP contribution is 2.18. The lowest BCUT2D eigenvalue weighted by Gasteiger charge is -2.13. The molecular formula is C18H25N3O2. The first-order valence-corrected chi connectivity index (χ1v) is 8.48. The van der Waals surface area contributed by atoms with Crippen molar-refractivity contribution < 1.29 is 9.53 Å². The lowest BCUT2D eigenvalue weighted by atomic mass is 10.2. The van der Waals surface area contributed by atoms with Gasteiger partial charge in [0.05, 0.1) is 11.0 Å². The normalized spacial score (nSPS) is 18.0. The van der Waals surface area contributed by atoms with Gasteiger partial charge in [-0.1, -0.05) is 26.0 Å². The number of hydrogen-bond donors (Lipinski definition) is 1. The van der Waals surface area contributed by atoms with E-state index in [1.165, 1.54) is 5.52 Å². The summed E-state index contributed by atoms with van der Waals surface area (Å²) in [6, 6.07) is 8.21. The summed E-state index contributed by atoms with van der Waals surface area (Å²) < 4.78 is 7.69. The number of benzene rings is 1. The molecule has 0 spiro atoms. The van der Waals surface area contributed by atoms with Gasteiger partial charge in [0.2, 0.25) is 5.91 Å². The van der Waals surface area contributed by atoms with Crippen molar-refractivity contribution in [1.82, 2.24) is 14.9 Å². The Morgan fingerprint density at radius 3 is 3.00 bits per heavy atom. The summed E-state index contributed by atoms with van der Waals surface area (Å²) in [7, 11) is 0. The van der Waals surface area contributed by atoms with Crippen molar-refractivity contribution in [2.45, 2.75) is 45.8 Å². The number of imidazole rings is 1. The number of hydrogen-bond acceptors (Lipinski definition) is 3. The molecule has 1 aromatic heterocycles. The fraction of sp³-hybridized carbons (Fsp3) is 0.556. The van der Waals surface area contributed by atoms with Crippen LogP contribution in [0.15, 0.2) is 24.3 Å². The van der Waals surface area contributed by atoms with Crippen LogP contribution in [0.2, 0.25) is 0 Å². The molecule has 1 aliphatic heterocycles. The first-order valence-electron chi connectivity index (χ1n) is 8.48. The number of amides is 1. The third-order valence-corrected chi connectivity index (χ3v) is 4.15. The van der Waals surface area contributed by atoms with Crippen molar-refractivity contribution in [3.63, 3.8) is 0 Å². The van der Waals surface area contributed by atoms with Gasteiger partial charge in [-0.05, 0) is 30.9 Å². The molecule has 1 aromatic carbocycles. The Morgan fingerprint density at radius 2 is 2.26 bits per heavy atom. The lowest BCUT2D eigenvalue weighted by molar-refractivity contribution is -0.130. The maximum absolute atomic E-state index is 12.0. The number of para-hydroxylation sites is 2. The molecule has 1 atom stereocenters. The predicted molar refractivity (Wildman–Crippen MR) is 90.3 cm³/mol. The SMILES string of the molecule is CC(C)Cn1c(CCNC(=O)C2CCCO2)nc2ccccc21. The maximum atomic E-state index is 12.0. The molecule has 0 bridgehead atoms. The van der Waals surface area contributed by atoms with E-state index in [1.54, 1.807) is 0 Å². The summed E-state index contributed by atoms with van der Waals surface area (Å²) in [6.07, 6.45) is 2.28. The average molecular weight is 315 g/mol. The minimum absolute atomic E-state index is 0.00835. The van der Waals surface area contributed by atoms with Crippen molar-refractivity contribution in [2.75, 3.05) is 13.2 Å². The maximum Gasteiger partial charge on any atom is 0.249 e. The minimum atomic E-state index is -0.260. The summed E-state index contributed by atoms with van der Waals surface area (Å²) >= 11 is 0. The van der Waals surface area contributed by atoms with Crippen LogP contribution < -0.4 is 5.32 Å². The smallest absolute Gasteiger partial charge is 0.249 e. The Morgan fingerprint density at radius 1 is 1.43 bits per heavy atom. The Labute approximate surface area is 137 Å². The number of aromatic nitrogens is 2. The van der Waals surface area contributed by atoms with E-state index in [0.29, 0.717) is 19.1 Å². The molecule has 1 N–H and O–H groups in total. The molecule has 3 rings (SSSR count). The van der Waals surface area contributed by atoms with Gasteiger partial charge in [0.25, 0.3) is 0 Å². The van der Waals surface area contributed by atoms with E-state index in [1.807, 2.05) is 18.2 Å². The molecule has 23 heavy (non-hydrogen) atoms. The molecule has 1 saturated heterocycles. The van der Waals surface area contributed by atoms with Gasteiger partial charge in [-0.25, -0.2) is 4.98 Å². The van der Waals surface area contributed by atoms with Crippen LogP contribution in [0, 0.1) is 5.92 Å². The van der Waals surface area contributed by atoms with Gasteiger partial charge in [-0.3, -0.25) is 4.79 Å². The summed E-state index contributed by atoms with van der Waals surface area (Å²) in [4.78, 5) is 16.7. The van der Waals surface area contributed by atoms with Gasteiger partial charge in [0.1, 0.15) is 11.9 Å². The van der Waals surface area contributed by atoms with Gasteiger partial charge in [-0.2, -0.15) is 0 Å². The number of rotatable bonds is 6. The van der Waals surface area contributed by atoms with Crippen molar-refractivity contribution in [1.29, 1.82) is 0 Å². The molecule has 1 amide bonds. The monoisotopic (exact) mass is 315 g/mol. The first-order chi connectivity index (χ1) is 11.1. The summed E-state index contributed by atoms with van der Waals surface area (Å²) in [5.74, 6) is 1.59. The fourth-order valence-corrected chi connectivity index (χ4v) is 3.08. The molecule has 2 aromatic rings. The van der Waals surface area contributed by atoms with Crippen molar-refractivity contribution in [3.8, 4) is 0 Å². The highest BCUT2D eigenvalue weighted by atomic mass is 16.5. The van der Waals surface area contributed by atoms with Gasteiger partial charge in [-0.15, -0.1) is 0 Å². The van der Waals surface area contributed by atoms with Crippen LogP contribution >= 0.6 is 0 Å². The number of nitrogens with zero attached hydrogens (tertiary/aromatic N) is 2. The molecule has 5 nitrogen and oxygen atoms in total. The van der Waals surface area contributed by atoms with Crippen molar-refractivity contribution in [3.05, 3.63) is 30.1 Å². The number of carbonyl (C=O) groups excluding carboxylic acids is 1. The first kappa shape index (κ1) is 16.0. The van der Waals surface area contributed by atoms with Crippen LogP contribution in [-0.2, 0) is 22.5 Å². The van der Waals surface area contributed by atoms with E-state index in [4.69, 9.17) is 9.72 Å². The highest BCUT2D eigenvalue weighted by molar-refractivity contribution is 5.81. The van der Waals surface area contributed by atoms with Crippen LogP contribution in [-0.4, -0.2) is 34.7 Å². The van der Waals surface area contributed by atoms with Crippen LogP contribution in [0.25, 0.3) is 11.0 Å². The number of ether oxygens (including phenoxy) is 1. The van der Waals surface area contributed by atoms with E-state index in [-0.39, 0.29) is 12.0 Å².